The number of hydrazone groups is 1. The summed E-state index contributed by atoms with van der Waals surface area (Å²) in [5.74, 6) is 0.585. The average Bonchev–Trinajstić information content (AvgIpc) is 2.73. The van der Waals surface area contributed by atoms with Crippen LogP contribution in [-0.2, 0) is 4.79 Å². The number of ether oxygens (including phenoxy) is 3. The van der Waals surface area contributed by atoms with Crippen LogP contribution in [0.1, 0.15) is 5.56 Å². The smallest absolute Gasteiger partial charge is 0.277 e. The van der Waals surface area contributed by atoms with E-state index in [1.54, 1.807) is 12.1 Å². The molecule has 7 nitrogen and oxygen atoms in total. The van der Waals surface area contributed by atoms with E-state index in [0.717, 1.165) is 10.8 Å². The highest BCUT2D eigenvalue weighted by Crippen LogP contribution is 2.36. The number of benzene rings is 3. The SMILES string of the molecule is COc1cc(C=NNC(=O)COc2ccc3ccccc3c2)cc(OC)c1O. The molecule has 3 rings (SSSR count). The van der Waals surface area contributed by atoms with Crippen LogP contribution in [0.15, 0.2) is 59.7 Å². The van der Waals surface area contributed by atoms with Crippen molar-refractivity contribution in [3.63, 3.8) is 0 Å². The lowest BCUT2D eigenvalue weighted by molar-refractivity contribution is -0.123. The number of nitrogens with zero attached hydrogens (tertiary/aromatic N) is 1. The minimum atomic E-state index is -0.401. The third-order valence-electron chi connectivity index (χ3n) is 4.00. The molecule has 0 aliphatic rings. The van der Waals surface area contributed by atoms with Gasteiger partial charge < -0.3 is 19.3 Å². The van der Waals surface area contributed by atoms with Gasteiger partial charge in [-0.2, -0.15) is 5.10 Å². The van der Waals surface area contributed by atoms with Crippen LogP contribution < -0.4 is 19.6 Å². The van der Waals surface area contributed by atoms with Crippen molar-refractivity contribution in [1.82, 2.24) is 5.43 Å². The van der Waals surface area contributed by atoms with Crippen molar-refractivity contribution in [2.24, 2.45) is 5.10 Å². The summed E-state index contributed by atoms with van der Waals surface area (Å²) in [5.41, 5.74) is 2.97. The van der Waals surface area contributed by atoms with Crippen LogP contribution in [0.4, 0.5) is 0 Å². The minimum Gasteiger partial charge on any atom is -0.502 e. The van der Waals surface area contributed by atoms with Crippen molar-refractivity contribution in [1.29, 1.82) is 0 Å². The number of phenolic OH excluding ortho intramolecular Hbond substituents is 1. The van der Waals surface area contributed by atoms with Gasteiger partial charge in [-0.15, -0.1) is 0 Å². The van der Waals surface area contributed by atoms with Crippen molar-refractivity contribution >= 4 is 22.9 Å². The molecule has 0 saturated carbocycles. The number of hydrogen-bond donors (Lipinski definition) is 2. The minimum absolute atomic E-state index is 0.102. The molecular formula is C21H20N2O5. The third kappa shape index (κ3) is 4.50. The Bertz CT molecular complexity index is 992. The number of rotatable bonds is 7. The maximum atomic E-state index is 11.9. The molecule has 0 spiro atoms. The zero-order chi connectivity index (χ0) is 19.9. The Kier molecular flexibility index (Phi) is 5.96. The van der Waals surface area contributed by atoms with E-state index in [4.69, 9.17) is 14.2 Å². The first-order chi connectivity index (χ1) is 13.6. The Hall–Kier alpha value is -3.74. The van der Waals surface area contributed by atoms with Crippen LogP contribution in [-0.4, -0.2) is 38.1 Å². The molecule has 0 aliphatic carbocycles. The third-order valence-corrected chi connectivity index (χ3v) is 4.00. The number of fused-ring (bicyclic) bond motifs is 1. The summed E-state index contributed by atoms with van der Waals surface area (Å²) in [5, 5.41) is 15.9. The second-order valence-electron chi connectivity index (χ2n) is 5.86. The molecule has 0 saturated heterocycles. The van der Waals surface area contributed by atoms with Gasteiger partial charge in [0.15, 0.2) is 18.1 Å². The van der Waals surface area contributed by atoms with E-state index >= 15 is 0 Å². The van der Waals surface area contributed by atoms with Crippen LogP contribution in [0, 0.1) is 0 Å². The van der Waals surface area contributed by atoms with Crippen LogP contribution in [0.25, 0.3) is 10.8 Å². The summed E-state index contributed by atoms with van der Waals surface area (Å²) in [4.78, 5) is 11.9. The predicted octanol–water partition coefficient (Wildman–Crippen LogP) is 3.09. The fourth-order valence-electron chi connectivity index (χ4n) is 2.61. The van der Waals surface area contributed by atoms with Crippen molar-refractivity contribution in [2.75, 3.05) is 20.8 Å². The van der Waals surface area contributed by atoms with E-state index in [-0.39, 0.29) is 23.9 Å². The number of methoxy groups -OCH3 is 2. The number of amides is 1. The first kappa shape index (κ1) is 19.0. The highest BCUT2D eigenvalue weighted by molar-refractivity contribution is 5.85. The van der Waals surface area contributed by atoms with Gasteiger partial charge in [0.2, 0.25) is 5.75 Å². The molecule has 28 heavy (non-hydrogen) atoms. The summed E-state index contributed by atoms with van der Waals surface area (Å²) < 4.78 is 15.7. The van der Waals surface area contributed by atoms with Crippen LogP contribution in [0.3, 0.4) is 0 Å². The number of aromatic hydroxyl groups is 1. The fraction of sp³-hybridized carbons (Fsp3) is 0.143. The second-order valence-corrected chi connectivity index (χ2v) is 5.86. The van der Waals surface area contributed by atoms with Gasteiger partial charge in [-0.3, -0.25) is 4.79 Å². The van der Waals surface area contributed by atoms with Gasteiger partial charge in [-0.25, -0.2) is 5.43 Å². The molecule has 1 amide bonds. The molecular weight excluding hydrogens is 360 g/mol. The fourth-order valence-corrected chi connectivity index (χ4v) is 2.61. The van der Waals surface area contributed by atoms with Crippen molar-refractivity contribution in [3.8, 4) is 23.0 Å². The molecule has 0 radical (unpaired) electrons. The van der Waals surface area contributed by atoms with Crippen LogP contribution >= 0.6 is 0 Å². The molecule has 0 aliphatic heterocycles. The van der Waals surface area contributed by atoms with E-state index < -0.39 is 5.91 Å². The topological polar surface area (TPSA) is 89.4 Å². The molecule has 0 heterocycles. The van der Waals surface area contributed by atoms with Gasteiger partial charge in [0, 0.05) is 5.56 Å². The van der Waals surface area contributed by atoms with Gasteiger partial charge in [-0.1, -0.05) is 30.3 Å². The van der Waals surface area contributed by atoms with Crippen molar-refractivity contribution < 1.29 is 24.1 Å². The normalized spacial score (nSPS) is 10.8. The summed E-state index contributed by atoms with van der Waals surface area (Å²) in [6.07, 6.45) is 1.42. The Morgan fingerprint density at radius 2 is 1.71 bits per heavy atom. The Morgan fingerprint density at radius 1 is 1.04 bits per heavy atom. The Labute approximate surface area is 162 Å². The zero-order valence-corrected chi connectivity index (χ0v) is 15.5. The quantitative estimate of drug-likeness (QED) is 0.486. The number of carbonyl (C=O) groups excluding carboxylic acids is 1. The average molecular weight is 380 g/mol. The first-order valence-electron chi connectivity index (χ1n) is 8.49. The molecule has 0 fully saturated rings. The van der Waals surface area contributed by atoms with Gasteiger partial charge in [0.05, 0.1) is 20.4 Å². The first-order valence-corrected chi connectivity index (χ1v) is 8.49. The Balaban J connectivity index is 1.57. The van der Waals surface area contributed by atoms with Gasteiger partial charge in [-0.05, 0) is 35.0 Å². The Morgan fingerprint density at radius 3 is 2.39 bits per heavy atom. The van der Waals surface area contributed by atoms with Gasteiger partial charge in [0.1, 0.15) is 5.75 Å². The standard InChI is InChI=1S/C21H20N2O5/c1-26-18-9-14(10-19(27-2)21(18)25)12-22-23-20(24)13-28-17-8-7-15-5-3-4-6-16(15)11-17/h3-12,25H,13H2,1-2H3,(H,23,24). The molecule has 144 valence electrons. The second kappa shape index (κ2) is 8.77. The van der Waals surface area contributed by atoms with E-state index in [2.05, 4.69) is 10.5 Å². The van der Waals surface area contributed by atoms with Gasteiger partial charge >= 0.3 is 0 Å². The van der Waals surface area contributed by atoms with E-state index in [1.807, 2.05) is 42.5 Å². The molecule has 0 bridgehead atoms. The summed E-state index contributed by atoms with van der Waals surface area (Å²) >= 11 is 0. The van der Waals surface area contributed by atoms with Gasteiger partial charge in [0.25, 0.3) is 5.91 Å². The lowest BCUT2D eigenvalue weighted by atomic mass is 10.1. The van der Waals surface area contributed by atoms with Crippen molar-refractivity contribution in [3.05, 3.63) is 60.2 Å². The van der Waals surface area contributed by atoms with E-state index in [9.17, 15) is 9.90 Å². The lowest BCUT2D eigenvalue weighted by Crippen LogP contribution is -2.24. The predicted molar refractivity (Wildman–Crippen MR) is 106 cm³/mol. The molecule has 0 unspecified atom stereocenters. The van der Waals surface area contributed by atoms with Crippen LogP contribution in [0.2, 0.25) is 0 Å². The highest BCUT2D eigenvalue weighted by atomic mass is 16.5. The monoisotopic (exact) mass is 380 g/mol. The number of phenols is 1. The molecule has 7 heteroatoms. The largest absolute Gasteiger partial charge is 0.502 e. The summed E-state index contributed by atoms with van der Waals surface area (Å²) in [6.45, 7) is -0.169. The van der Waals surface area contributed by atoms with E-state index in [0.29, 0.717) is 11.3 Å². The summed E-state index contributed by atoms with van der Waals surface area (Å²) in [7, 11) is 2.86. The molecule has 0 aromatic heterocycles. The van der Waals surface area contributed by atoms with Crippen LogP contribution in [0.5, 0.6) is 23.0 Å². The highest BCUT2D eigenvalue weighted by Gasteiger charge is 2.10. The van der Waals surface area contributed by atoms with Crippen molar-refractivity contribution in [2.45, 2.75) is 0 Å². The molecule has 3 aromatic carbocycles. The molecule has 2 N–H and O–H groups in total. The molecule has 3 aromatic rings. The lowest BCUT2D eigenvalue weighted by Gasteiger charge is -2.09. The van der Waals surface area contributed by atoms with E-state index in [1.165, 1.54) is 20.4 Å². The number of nitrogens with one attached hydrogen (secondary N) is 1. The summed E-state index contributed by atoms with van der Waals surface area (Å²) in [6, 6.07) is 16.7. The maximum absolute atomic E-state index is 11.9. The number of carbonyl (C=O) groups is 1. The molecule has 0 atom stereocenters. The zero-order valence-electron chi connectivity index (χ0n) is 15.5. The maximum Gasteiger partial charge on any atom is 0.277 e. The number of hydrogen-bond acceptors (Lipinski definition) is 6.